The molecule has 4 N–H and O–H groups in total. The number of rotatable bonds is 11. The predicted octanol–water partition coefficient (Wildman–Crippen LogP) is 5.76. The van der Waals surface area contributed by atoms with Crippen LogP contribution in [0.1, 0.15) is 99.8 Å². The number of hydrogen-bond acceptors (Lipinski definition) is 10. The SMILES string of the molecule is CCOC(=O)C1=C(C=O)/C(=C2\CCC(=O)[C@@H](c3ccc4[nH]ccc4c3)C2)c2c(OCCCO)c3c(c(CO)c2O1)O[C@H]([C@](C)(O)C1CCCCC1)C3. The number of aliphatic hydroxyl groups excluding tert-OH is 2. The van der Waals surface area contributed by atoms with Crippen LogP contribution in [-0.2, 0) is 32.1 Å². The number of ether oxygens (including phenoxy) is 4. The molecule has 0 radical (unpaired) electrons. The topological polar surface area (TPSA) is 165 Å². The average Bonchev–Trinajstić information content (AvgIpc) is 3.83. The first-order valence-electron chi connectivity index (χ1n) is 18.5. The lowest BCUT2D eigenvalue weighted by Gasteiger charge is -2.39. The summed E-state index contributed by atoms with van der Waals surface area (Å²) in [6.07, 6.45) is 8.05. The van der Waals surface area contributed by atoms with Crippen LogP contribution in [0.3, 0.4) is 0 Å². The maximum Gasteiger partial charge on any atom is 0.375 e. The van der Waals surface area contributed by atoms with Crippen LogP contribution < -0.4 is 14.2 Å². The summed E-state index contributed by atoms with van der Waals surface area (Å²) in [5.41, 5.74) is 2.96. The third-order valence-corrected chi connectivity index (χ3v) is 11.4. The van der Waals surface area contributed by atoms with E-state index in [0.717, 1.165) is 54.1 Å². The largest absolute Gasteiger partial charge is 0.492 e. The molecule has 7 rings (SSSR count). The van der Waals surface area contributed by atoms with Crippen LogP contribution in [0.25, 0.3) is 16.5 Å². The minimum Gasteiger partial charge on any atom is -0.492 e. The number of aldehydes is 1. The molecule has 3 aromatic rings. The second-order valence-electron chi connectivity index (χ2n) is 14.5. The zero-order chi connectivity index (χ0) is 36.6. The normalized spacial score (nSPS) is 23.1. The van der Waals surface area contributed by atoms with E-state index >= 15 is 0 Å². The number of aliphatic hydroxyl groups is 3. The van der Waals surface area contributed by atoms with Gasteiger partial charge in [0.2, 0.25) is 5.76 Å². The molecule has 0 bridgehead atoms. The molecular formula is C41H47NO10. The van der Waals surface area contributed by atoms with Crippen molar-refractivity contribution >= 4 is 34.5 Å². The fraction of sp³-hybridized carbons (Fsp3) is 0.488. The smallest absolute Gasteiger partial charge is 0.375 e. The summed E-state index contributed by atoms with van der Waals surface area (Å²) >= 11 is 0. The highest BCUT2D eigenvalue weighted by atomic mass is 16.6. The Morgan fingerprint density at radius 3 is 2.63 bits per heavy atom. The molecule has 2 saturated carbocycles. The van der Waals surface area contributed by atoms with Crippen molar-refractivity contribution in [2.75, 3.05) is 19.8 Å². The summed E-state index contributed by atoms with van der Waals surface area (Å²) in [7, 11) is 0. The molecule has 0 amide bonds. The van der Waals surface area contributed by atoms with Crippen molar-refractivity contribution in [1.29, 1.82) is 0 Å². The van der Waals surface area contributed by atoms with Gasteiger partial charge in [0.1, 0.15) is 34.7 Å². The van der Waals surface area contributed by atoms with Crippen LogP contribution in [0.15, 0.2) is 47.4 Å². The van der Waals surface area contributed by atoms with Crippen molar-refractivity contribution < 1.29 is 48.7 Å². The first-order chi connectivity index (χ1) is 25.2. The van der Waals surface area contributed by atoms with Crippen LogP contribution in [0.4, 0.5) is 0 Å². The van der Waals surface area contributed by atoms with Crippen molar-refractivity contribution in [3.8, 4) is 17.2 Å². The van der Waals surface area contributed by atoms with Gasteiger partial charge in [0.05, 0.1) is 36.5 Å². The fourth-order valence-corrected chi connectivity index (χ4v) is 8.61. The van der Waals surface area contributed by atoms with E-state index in [0.29, 0.717) is 47.3 Å². The van der Waals surface area contributed by atoms with Gasteiger partial charge in [-0.25, -0.2) is 4.79 Å². The average molecular weight is 714 g/mol. The molecule has 11 nitrogen and oxygen atoms in total. The minimum absolute atomic E-state index is 0.0152. The predicted molar refractivity (Wildman–Crippen MR) is 192 cm³/mol. The molecule has 0 unspecified atom stereocenters. The Balaban J connectivity index is 1.43. The summed E-state index contributed by atoms with van der Waals surface area (Å²) in [6.45, 7) is 2.95. The Labute approximate surface area is 302 Å². The van der Waals surface area contributed by atoms with Gasteiger partial charge in [0, 0.05) is 54.6 Å². The molecule has 3 heterocycles. The number of hydrogen-bond donors (Lipinski definition) is 4. The number of benzene rings is 2. The zero-order valence-corrected chi connectivity index (χ0v) is 29.8. The maximum atomic E-state index is 13.6. The molecule has 52 heavy (non-hydrogen) atoms. The quantitative estimate of drug-likeness (QED) is 0.109. The summed E-state index contributed by atoms with van der Waals surface area (Å²) in [5.74, 6) is -0.860. The number of ketones is 1. The number of carbonyl (C=O) groups excluding carboxylic acids is 3. The van der Waals surface area contributed by atoms with E-state index in [4.69, 9.17) is 18.9 Å². The summed E-state index contributed by atoms with van der Waals surface area (Å²) in [5, 5.41) is 33.7. The molecule has 2 aliphatic carbocycles. The molecule has 0 saturated heterocycles. The van der Waals surface area contributed by atoms with Crippen molar-refractivity contribution in [2.24, 2.45) is 5.92 Å². The first kappa shape index (κ1) is 35.9. The van der Waals surface area contributed by atoms with E-state index in [1.807, 2.05) is 37.4 Å². The number of esters is 1. The number of fused-ring (bicyclic) bond motifs is 3. The lowest BCUT2D eigenvalue weighted by atomic mass is 9.74. The van der Waals surface area contributed by atoms with Crippen LogP contribution in [0.2, 0.25) is 0 Å². The van der Waals surface area contributed by atoms with E-state index in [1.165, 1.54) is 0 Å². The van der Waals surface area contributed by atoms with Gasteiger partial charge in [-0.3, -0.25) is 9.59 Å². The molecule has 276 valence electrons. The summed E-state index contributed by atoms with van der Waals surface area (Å²) < 4.78 is 24.7. The molecule has 4 aliphatic rings. The van der Waals surface area contributed by atoms with Crippen LogP contribution in [-0.4, -0.2) is 69.9 Å². The lowest BCUT2D eigenvalue weighted by molar-refractivity contribution is -0.141. The molecule has 3 atom stereocenters. The number of Topliss-reactive ketones (excluding diaryl/α,β-unsaturated/α-hetero) is 1. The van der Waals surface area contributed by atoms with Crippen molar-refractivity contribution in [1.82, 2.24) is 4.98 Å². The number of allylic oxidation sites excluding steroid dienone is 3. The van der Waals surface area contributed by atoms with Crippen molar-refractivity contribution in [3.05, 3.63) is 69.6 Å². The Kier molecular flexibility index (Phi) is 10.3. The summed E-state index contributed by atoms with van der Waals surface area (Å²) in [6, 6.07) is 7.83. The van der Waals surface area contributed by atoms with Crippen LogP contribution in [0, 0.1) is 5.92 Å². The van der Waals surface area contributed by atoms with Crippen LogP contribution >= 0.6 is 0 Å². The highest BCUT2D eigenvalue weighted by Crippen LogP contribution is 2.57. The molecule has 11 heteroatoms. The molecule has 2 fully saturated rings. The van der Waals surface area contributed by atoms with Crippen LogP contribution in [0.5, 0.6) is 17.2 Å². The number of nitrogens with one attached hydrogen (secondary N) is 1. The Bertz CT molecular complexity index is 1950. The summed E-state index contributed by atoms with van der Waals surface area (Å²) in [4.78, 5) is 43.4. The molecule has 2 aliphatic heterocycles. The number of aromatic nitrogens is 1. The van der Waals surface area contributed by atoms with Gasteiger partial charge < -0.3 is 39.3 Å². The van der Waals surface area contributed by atoms with Gasteiger partial charge in [-0.05, 0) is 74.6 Å². The van der Waals surface area contributed by atoms with E-state index in [-0.39, 0.29) is 73.4 Å². The van der Waals surface area contributed by atoms with Gasteiger partial charge in [0.25, 0.3) is 0 Å². The van der Waals surface area contributed by atoms with E-state index in [2.05, 4.69) is 4.98 Å². The third-order valence-electron chi connectivity index (χ3n) is 11.4. The van der Waals surface area contributed by atoms with Gasteiger partial charge >= 0.3 is 5.97 Å². The lowest BCUT2D eigenvalue weighted by Crippen LogP contribution is -2.49. The van der Waals surface area contributed by atoms with Gasteiger partial charge in [-0.15, -0.1) is 0 Å². The first-order valence-corrected chi connectivity index (χ1v) is 18.5. The number of carbonyl (C=O) groups is 3. The molecule has 0 spiro atoms. The highest BCUT2D eigenvalue weighted by Gasteiger charge is 2.48. The van der Waals surface area contributed by atoms with E-state index in [1.54, 1.807) is 6.92 Å². The molecular weight excluding hydrogens is 666 g/mol. The fourth-order valence-electron chi connectivity index (χ4n) is 8.61. The van der Waals surface area contributed by atoms with Gasteiger partial charge in [-0.2, -0.15) is 0 Å². The number of H-pyrrole nitrogens is 1. The zero-order valence-electron chi connectivity index (χ0n) is 29.8. The van der Waals surface area contributed by atoms with Gasteiger partial charge in [0.15, 0.2) is 6.29 Å². The second kappa shape index (κ2) is 14.9. The van der Waals surface area contributed by atoms with E-state index in [9.17, 15) is 29.7 Å². The van der Waals surface area contributed by atoms with Gasteiger partial charge in [-0.1, -0.05) is 30.9 Å². The maximum absolute atomic E-state index is 13.6. The monoisotopic (exact) mass is 713 g/mol. The standard InChI is InChI=1S/C41H47NO10/c1-3-49-40(47)39-29(21-44)34(25-11-13-32(46)27(19-25)23-10-12-31-24(18-23)14-15-42-31)35-37(50-17-7-16-43)28-20-33(41(2,48)26-8-5-4-6-9-26)51-36(28)30(22-45)38(35)52-39/h10,12,14-15,18,21,26-27,33,42-43,45,48H,3-9,11,13,16-17,19-20,22H2,1-2H3/b34-25-/t27-,33+,41-/m1/s1. The number of aromatic amines is 1. The second-order valence-corrected chi connectivity index (χ2v) is 14.5. The van der Waals surface area contributed by atoms with Crippen molar-refractivity contribution in [2.45, 2.75) is 102 Å². The Morgan fingerprint density at radius 2 is 1.90 bits per heavy atom. The third kappa shape index (κ3) is 6.33. The van der Waals surface area contributed by atoms with E-state index < -0.39 is 30.2 Å². The molecule has 2 aromatic carbocycles. The minimum atomic E-state index is -1.20. The Morgan fingerprint density at radius 1 is 1.10 bits per heavy atom. The molecule has 1 aromatic heterocycles. The highest BCUT2D eigenvalue weighted by molar-refractivity contribution is 6.11. The Hall–Kier alpha value is -4.45. The van der Waals surface area contributed by atoms with Crippen molar-refractivity contribution in [3.63, 3.8) is 0 Å².